The number of hydrogen-bond donors (Lipinski definition) is 1. The maximum atomic E-state index is 8.82. The Balaban J connectivity index is 0.000000278. The minimum Gasteiger partial charge on any atom is -0.508 e. The molecule has 3 nitrogen and oxygen atoms in total. The Labute approximate surface area is 175 Å². The van der Waals surface area contributed by atoms with Crippen molar-refractivity contribution in [2.24, 2.45) is 5.92 Å². The van der Waals surface area contributed by atoms with Crippen LogP contribution in [0, 0.1) is 5.92 Å². The average molecular weight is 395 g/mol. The van der Waals surface area contributed by atoms with Crippen LogP contribution in [0.15, 0.2) is 61.7 Å². The monoisotopic (exact) mass is 394 g/mol. The summed E-state index contributed by atoms with van der Waals surface area (Å²) in [7, 11) is 0. The molecule has 0 amide bonds. The molecule has 0 aromatic heterocycles. The zero-order chi connectivity index (χ0) is 20.9. The molecular formula is C26H34O3. The van der Waals surface area contributed by atoms with Gasteiger partial charge < -0.3 is 14.6 Å². The molecule has 0 bridgehead atoms. The van der Waals surface area contributed by atoms with Gasteiger partial charge in [0.15, 0.2) is 6.29 Å². The highest BCUT2D eigenvalue weighted by Gasteiger charge is 2.13. The summed E-state index contributed by atoms with van der Waals surface area (Å²) in [5, 5.41) is 8.82. The van der Waals surface area contributed by atoms with E-state index in [4.69, 9.17) is 14.6 Å². The summed E-state index contributed by atoms with van der Waals surface area (Å²) in [5.74, 6) is 2.00. The Bertz CT molecular complexity index is 713. The van der Waals surface area contributed by atoms with Gasteiger partial charge in [-0.1, -0.05) is 81.7 Å². The lowest BCUT2D eigenvalue weighted by atomic mass is 9.87. The van der Waals surface area contributed by atoms with Crippen molar-refractivity contribution in [2.45, 2.75) is 51.7 Å². The normalized spacial score (nSPS) is 14.9. The second-order valence-corrected chi connectivity index (χ2v) is 7.42. The summed E-state index contributed by atoms with van der Waals surface area (Å²) in [6, 6.07) is 14.8. The lowest BCUT2D eigenvalue weighted by Crippen LogP contribution is -2.19. The van der Waals surface area contributed by atoms with Crippen molar-refractivity contribution in [3.05, 3.63) is 72.8 Å². The first-order valence-electron chi connectivity index (χ1n) is 10.5. The maximum absolute atomic E-state index is 8.82. The van der Waals surface area contributed by atoms with Gasteiger partial charge >= 0.3 is 0 Å². The van der Waals surface area contributed by atoms with Crippen molar-refractivity contribution >= 4 is 12.2 Å². The number of phenolic OH excluding ortho intramolecular Hbond substituents is 1. The molecule has 1 aliphatic carbocycles. The van der Waals surface area contributed by atoms with E-state index in [1.54, 1.807) is 18.2 Å². The van der Waals surface area contributed by atoms with Crippen molar-refractivity contribution in [2.75, 3.05) is 6.61 Å². The zero-order valence-corrected chi connectivity index (χ0v) is 17.6. The number of ether oxygens (including phenoxy) is 2. The highest BCUT2D eigenvalue weighted by molar-refractivity contribution is 5.48. The second kappa shape index (κ2) is 12.8. The lowest BCUT2D eigenvalue weighted by Gasteiger charge is -2.22. The Morgan fingerprint density at radius 3 is 2.03 bits per heavy atom. The first-order valence-corrected chi connectivity index (χ1v) is 10.5. The van der Waals surface area contributed by atoms with Crippen molar-refractivity contribution in [1.82, 2.24) is 0 Å². The highest BCUT2D eigenvalue weighted by atomic mass is 16.7. The molecule has 2 aromatic carbocycles. The number of aromatic hydroxyl groups is 1. The second-order valence-electron chi connectivity index (χ2n) is 7.42. The van der Waals surface area contributed by atoms with Crippen LogP contribution in [0.2, 0.25) is 0 Å². The molecule has 0 heterocycles. The summed E-state index contributed by atoms with van der Waals surface area (Å²) in [6.07, 6.45) is 11.5. The predicted molar refractivity (Wildman–Crippen MR) is 122 cm³/mol. The Morgan fingerprint density at radius 2 is 1.48 bits per heavy atom. The molecule has 3 heteroatoms. The third-order valence-corrected chi connectivity index (χ3v) is 5.15. The molecule has 0 saturated heterocycles. The molecule has 1 atom stereocenters. The summed E-state index contributed by atoms with van der Waals surface area (Å²) < 4.78 is 11.5. The number of benzene rings is 2. The number of phenols is 1. The predicted octanol–water partition coefficient (Wildman–Crippen LogP) is 7.08. The molecule has 1 saturated carbocycles. The van der Waals surface area contributed by atoms with E-state index in [1.165, 1.54) is 38.5 Å². The third kappa shape index (κ3) is 9.01. The van der Waals surface area contributed by atoms with Crippen molar-refractivity contribution in [3.63, 3.8) is 0 Å². The standard InChI is InChI=1S/C18H26O2.C8H8O/c1-3-16-9-11-18(12-10-16)20-15(2)19-14-13-17-7-5-4-6-8-17;1-2-7-3-5-8(9)6-4-7/h3,9-12,15,17H,1,4-8,13-14H2,2H3;2-6,9H,1H2. The summed E-state index contributed by atoms with van der Waals surface area (Å²) in [4.78, 5) is 0. The van der Waals surface area contributed by atoms with E-state index < -0.39 is 0 Å². The van der Waals surface area contributed by atoms with E-state index in [1.807, 2.05) is 49.4 Å². The third-order valence-electron chi connectivity index (χ3n) is 5.15. The van der Waals surface area contributed by atoms with E-state index in [9.17, 15) is 0 Å². The van der Waals surface area contributed by atoms with Crippen LogP contribution < -0.4 is 4.74 Å². The molecular weight excluding hydrogens is 360 g/mol. The van der Waals surface area contributed by atoms with Gasteiger partial charge in [0, 0.05) is 0 Å². The maximum Gasteiger partial charge on any atom is 0.196 e. The Kier molecular flexibility index (Phi) is 10.1. The van der Waals surface area contributed by atoms with Crippen molar-refractivity contribution in [1.29, 1.82) is 0 Å². The van der Waals surface area contributed by atoms with Gasteiger partial charge in [-0.2, -0.15) is 0 Å². The van der Waals surface area contributed by atoms with Gasteiger partial charge in [-0.3, -0.25) is 0 Å². The fraction of sp³-hybridized carbons (Fsp3) is 0.385. The smallest absolute Gasteiger partial charge is 0.196 e. The largest absolute Gasteiger partial charge is 0.508 e. The molecule has 0 aliphatic heterocycles. The minimum atomic E-state index is -0.187. The van der Waals surface area contributed by atoms with Gasteiger partial charge in [0.2, 0.25) is 0 Å². The fourth-order valence-electron chi connectivity index (χ4n) is 3.40. The van der Waals surface area contributed by atoms with Crippen LogP contribution in [0.1, 0.15) is 56.6 Å². The van der Waals surface area contributed by atoms with Gasteiger partial charge in [-0.05, 0) is 54.7 Å². The average Bonchev–Trinajstić information content (AvgIpc) is 2.76. The van der Waals surface area contributed by atoms with Crippen molar-refractivity contribution in [3.8, 4) is 11.5 Å². The topological polar surface area (TPSA) is 38.7 Å². The Hall–Kier alpha value is -2.52. The van der Waals surface area contributed by atoms with Gasteiger partial charge in [-0.15, -0.1) is 0 Å². The van der Waals surface area contributed by atoms with E-state index in [0.717, 1.165) is 29.4 Å². The lowest BCUT2D eigenvalue weighted by molar-refractivity contribution is -0.0711. The van der Waals surface area contributed by atoms with E-state index in [2.05, 4.69) is 13.2 Å². The quantitative estimate of drug-likeness (QED) is 0.486. The molecule has 1 N–H and O–H groups in total. The first-order chi connectivity index (χ1) is 14.1. The molecule has 1 aliphatic rings. The van der Waals surface area contributed by atoms with E-state index >= 15 is 0 Å². The molecule has 1 unspecified atom stereocenters. The van der Waals surface area contributed by atoms with Crippen LogP contribution in [0.25, 0.3) is 12.2 Å². The molecule has 0 spiro atoms. The van der Waals surface area contributed by atoms with Crippen LogP contribution in [-0.4, -0.2) is 18.0 Å². The minimum absolute atomic E-state index is 0.187. The van der Waals surface area contributed by atoms with Crippen LogP contribution in [0.4, 0.5) is 0 Å². The summed E-state index contributed by atoms with van der Waals surface area (Å²) in [5.41, 5.74) is 2.12. The van der Waals surface area contributed by atoms with Crippen LogP contribution in [0.5, 0.6) is 11.5 Å². The van der Waals surface area contributed by atoms with E-state index in [0.29, 0.717) is 5.75 Å². The van der Waals surface area contributed by atoms with E-state index in [-0.39, 0.29) is 6.29 Å². The highest BCUT2D eigenvalue weighted by Crippen LogP contribution is 2.26. The van der Waals surface area contributed by atoms with Crippen LogP contribution in [-0.2, 0) is 4.74 Å². The van der Waals surface area contributed by atoms with Gasteiger partial charge in [0.05, 0.1) is 6.61 Å². The summed E-state index contributed by atoms with van der Waals surface area (Å²) >= 11 is 0. The van der Waals surface area contributed by atoms with Crippen molar-refractivity contribution < 1.29 is 14.6 Å². The molecule has 3 rings (SSSR count). The summed E-state index contributed by atoms with van der Waals surface area (Å²) in [6.45, 7) is 10.1. The number of hydrogen-bond acceptors (Lipinski definition) is 3. The molecule has 0 radical (unpaired) electrons. The molecule has 29 heavy (non-hydrogen) atoms. The zero-order valence-electron chi connectivity index (χ0n) is 17.6. The number of rotatable bonds is 8. The SMILES string of the molecule is C=Cc1ccc(O)cc1.C=Cc1ccc(OC(C)OCCC2CCCCC2)cc1. The van der Waals surface area contributed by atoms with Crippen LogP contribution in [0.3, 0.4) is 0 Å². The molecule has 156 valence electrons. The Morgan fingerprint density at radius 1 is 0.931 bits per heavy atom. The van der Waals surface area contributed by atoms with Gasteiger partial charge in [0.1, 0.15) is 11.5 Å². The van der Waals surface area contributed by atoms with Gasteiger partial charge in [0.25, 0.3) is 0 Å². The molecule has 2 aromatic rings. The molecule has 1 fully saturated rings. The fourth-order valence-corrected chi connectivity index (χ4v) is 3.40. The van der Waals surface area contributed by atoms with Crippen LogP contribution >= 0.6 is 0 Å². The van der Waals surface area contributed by atoms with Gasteiger partial charge in [-0.25, -0.2) is 0 Å². The first kappa shape index (κ1) is 22.8.